The van der Waals surface area contributed by atoms with Gasteiger partial charge in [0.2, 0.25) is 0 Å². The van der Waals surface area contributed by atoms with Gasteiger partial charge in [0.25, 0.3) is 0 Å². The zero-order valence-corrected chi connectivity index (χ0v) is 7.07. The minimum absolute atomic E-state index is 0.181. The highest BCUT2D eigenvalue weighted by Gasteiger charge is 2.32. The zero-order valence-electron chi connectivity index (χ0n) is 7.07. The SMILES string of the molecule is C=C/C(=C(C)\C=C/C)C(F)(F)F. The molecular weight excluding hydrogens is 165 g/mol. The molecule has 0 N–H and O–H groups in total. The largest absolute Gasteiger partial charge is 0.416 e. The molecular formula is C9H11F3. The number of rotatable bonds is 2. The summed E-state index contributed by atoms with van der Waals surface area (Å²) in [5, 5.41) is 0. The van der Waals surface area contributed by atoms with Crippen molar-refractivity contribution < 1.29 is 13.2 Å². The van der Waals surface area contributed by atoms with Crippen molar-refractivity contribution in [3.05, 3.63) is 36.0 Å². The van der Waals surface area contributed by atoms with E-state index in [0.717, 1.165) is 6.08 Å². The Hall–Kier alpha value is -0.990. The van der Waals surface area contributed by atoms with Gasteiger partial charge in [0.1, 0.15) is 0 Å². The molecule has 68 valence electrons. The lowest BCUT2D eigenvalue weighted by molar-refractivity contribution is -0.0887. The fourth-order valence-electron chi connectivity index (χ4n) is 0.840. The second-order valence-corrected chi connectivity index (χ2v) is 2.30. The highest BCUT2D eigenvalue weighted by molar-refractivity contribution is 5.33. The molecule has 0 bridgehead atoms. The van der Waals surface area contributed by atoms with Gasteiger partial charge in [0.15, 0.2) is 0 Å². The maximum Gasteiger partial charge on any atom is 0.416 e. The molecule has 0 aromatic heterocycles. The van der Waals surface area contributed by atoms with Crippen LogP contribution >= 0.6 is 0 Å². The molecule has 0 amide bonds. The average Bonchev–Trinajstić information content (AvgIpc) is 1.85. The molecule has 0 aliphatic heterocycles. The summed E-state index contributed by atoms with van der Waals surface area (Å²) in [6.07, 6.45) is -0.504. The van der Waals surface area contributed by atoms with E-state index in [1.807, 2.05) is 0 Å². The van der Waals surface area contributed by atoms with E-state index in [2.05, 4.69) is 6.58 Å². The molecule has 0 atom stereocenters. The number of hydrogen-bond donors (Lipinski definition) is 0. The van der Waals surface area contributed by atoms with E-state index in [9.17, 15) is 13.2 Å². The number of hydrogen-bond acceptors (Lipinski definition) is 0. The fourth-order valence-corrected chi connectivity index (χ4v) is 0.840. The van der Waals surface area contributed by atoms with Crippen molar-refractivity contribution in [2.75, 3.05) is 0 Å². The van der Waals surface area contributed by atoms with Gasteiger partial charge in [-0.25, -0.2) is 0 Å². The standard InChI is InChI=1S/C9H11F3/c1-4-6-7(3)8(5-2)9(10,11)12/h4-6H,2H2,1,3H3/b6-4-,8-7+. The smallest absolute Gasteiger partial charge is 0.166 e. The molecule has 0 aromatic carbocycles. The van der Waals surface area contributed by atoms with Crippen molar-refractivity contribution >= 4 is 0 Å². The molecule has 0 nitrogen and oxygen atoms in total. The van der Waals surface area contributed by atoms with Crippen LogP contribution in [-0.4, -0.2) is 6.18 Å². The first-order chi connectivity index (χ1) is 5.43. The zero-order chi connectivity index (χ0) is 9.78. The summed E-state index contributed by atoms with van der Waals surface area (Å²) in [4.78, 5) is 0. The van der Waals surface area contributed by atoms with Gasteiger partial charge in [0.05, 0.1) is 5.57 Å². The van der Waals surface area contributed by atoms with Crippen LogP contribution in [0.3, 0.4) is 0 Å². The van der Waals surface area contributed by atoms with Crippen LogP contribution in [0.15, 0.2) is 36.0 Å². The normalized spacial score (nSPS) is 14.8. The van der Waals surface area contributed by atoms with E-state index in [0.29, 0.717) is 0 Å². The second kappa shape index (κ2) is 4.14. The quantitative estimate of drug-likeness (QED) is 0.563. The van der Waals surface area contributed by atoms with E-state index in [1.54, 1.807) is 13.0 Å². The third kappa shape index (κ3) is 2.95. The van der Waals surface area contributed by atoms with E-state index >= 15 is 0 Å². The summed E-state index contributed by atoms with van der Waals surface area (Å²) < 4.78 is 36.4. The Morgan fingerprint density at radius 2 is 1.83 bits per heavy atom. The van der Waals surface area contributed by atoms with Crippen LogP contribution in [0.2, 0.25) is 0 Å². The lowest BCUT2D eigenvalue weighted by Crippen LogP contribution is -2.11. The number of halogens is 3. The first kappa shape index (κ1) is 11.0. The van der Waals surface area contributed by atoms with Crippen LogP contribution in [0.4, 0.5) is 13.2 Å². The van der Waals surface area contributed by atoms with Gasteiger partial charge in [0, 0.05) is 0 Å². The van der Waals surface area contributed by atoms with E-state index in [4.69, 9.17) is 0 Å². The molecule has 0 aliphatic rings. The topological polar surface area (TPSA) is 0 Å². The van der Waals surface area contributed by atoms with Crippen molar-refractivity contribution in [2.45, 2.75) is 20.0 Å². The summed E-state index contributed by atoms with van der Waals surface area (Å²) in [6, 6.07) is 0. The van der Waals surface area contributed by atoms with Crippen molar-refractivity contribution in [1.82, 2.24) is 0 Å². The maximum atomic E-state index is 12.1. The van der Waals surface area contributed by atoms with E-state index in [-0.39, 0.29) is 5.57 Å². The third-order valence-corrected chi connectivity index (χ3v) is 1.35. The van der Waals surface area contributed by atoms with Gasteiger partial charge in [-0.05, 0) is 19.4 Å². The molecule has 0 spiro atoms. The molecule has 0 rings (SSSR count). The van der Waals surface area contributed by atoms with Crippen LogP contribution in [0.25, 0.3) is 0 Å². The van der Waals surface area contributed by atoms with Crippen LogP contribution in [-0.2, 0) is 0 Å². The fraction of sp³-hybridized carbons (Fsp3) is 0.333. The van der Waals surface area contributed by atoms with Gasteiger partial charge in [-0.15, -0.1) is 0 Å². The van der Waals surface area contributed by atoms with Gasteiger partial charge in [-0.2, -0.15) is 13.2 Å². The van der Waals surface area contributed by atoms with Crippen molar-refractivity contribution in [3.8, 4) is 0 Å². The molecule has 0 fully saturated rings. The molecule has 0 saturated carbocycles. The molecule has 0 radical (unpaired) electrons. The molecule has 0 heterocycles. The predicted molar refractivity (Wildman–Crippen MR) is 43.8 cm³/mol. The summed E-state index contributed by atoms with van der Waals surface area (Å²) in [6.45, 7) is 6.19. The summed E-state index contributed by atoms with van der Waals surface area (Å²) in [5.74, 6) is 0. The Balaban J connectivity index is 5.00. The number of alkyl halides is 3. The molecule has 0 unspecified atom stereocenters. The summed E-state index contributed by atoms with van der Waals surface area (Å²) in [5.41, 5.74) is -0.499. The Labute approximate surface area is 70.1 Å². The monoisotopic (exact) mass is 176 g/mol. The lowest BCUT2D eigenvalue weighted by Gasteiger charge is -2.08. The van der Waals surface area contributed by atoms with Gasteiger partial charge in [-0.3, -0.25) is 0 Å². The van der Waals surface area contributed by atoms with Gasteiger partial charge in [-0.1, -0.05) is 24.8 Å². The number of allylic oxidation sites excluding steroid dienone is 5. The highest BCUT2D eigenvalue weighted by atomic mass is 19.4. The third-order valence-electron chi connectivity index (χ3n) is 1.35. The van der Waals surface area contributed by atoms with Crippen molar-refractivity contribution in [3.63, 3.8) is 0 Å². The van der Waals surface area contributed by atoms with Crippen LogP contribution in [0, 0.1) is 0 Å². The molecule has 0 aromatic rings. The van der Waals surface area contributed by atoms with Crippen LogP contribution in [0.1, 0.15) is 13.8 Å². The van der Waals surface area contributed by atoms with E-state index in [1.165, 1.54) is 13.0 Å². The van der Waals surface area contributed by atoms with Crippen molar-refractivity contribution in [2.24, 2.45) is 0 Å². The Kier molecular flexibility index (Phi) is 3.80. The Bertz CT molecular complexity index is 218. The summed E-state index contributed by atoms with van der Waals surface area (Å²) >= 11 is 0. The summed E-state index contributed by atoms with van der Waals surface area (Å²) in [7, 11) is 0. The molecule has 0 aliphatic carbocycles. The minimum Gasteiger partial charge on any atom is -0.166 e. The molecule has 12 heavy (non-hydrogen) atoms. The minimum atomic E-state index is -4.30. The molecule has 3 heteroatoms. The highest BCUT2D eigenvalue weighted by Crippen LogP contribution is 2.29. The van der Waals surface area contributed by atoms with Crippen LogP contribution < -0.4 is 0 Å². The Morgan fingerprint density at radius 1 is 1.33 bits per heavy atom. The predicted octanol–water partition coefficient (Wildman–Crippen LogP) is 3.63. The lowest BCUT2D eigenvalue weighted by atomic mass is 10.1. The average molecular weight is 176 g/mol. The van der Waals surface area contributed by atoms with Crippen LogP contribution in [0.5, 0.6) is 0 Å². The second-order valence-electron chi connectivity index (χ2n) is 2.30. The van der Waals surface area contributed by atoms with Gasteiger partial charge < -0.3 is 0 Å². The van der Waals surface area contributed by atoms with Crippen molar-refractivity contribution in [1.29, 1.82) is 0 Å². The maximum absolute atomic E-state index is 12.1. The van der Waals surface area contributed by atoms with Gasteiger partial charge >= 0.3 is 6.18 Å². The van der Waals surface area contributed by atoms with E-state index < -0.39 is 11.7 Å². The first-order valence-electron chi connectivity index (χ1n) is 3.46. The molecule has 0 saturated heterocycles. The first-order valence-corrected chi connectivity index (χ1v) is 3.46. The Morgan fingerprint density at radius 3 is 2.08 bits per heavy atom.